The number of morpholine rings is 1. The number of benzene rings is 1. The van der Waals surface area contributed by atoms with Gasteiger partial charge in [0.2, 0.25) is 0 Å². The zero-order valence-corrected chi connectivity index (χ0v) is 10.9. The molecule has 1 aliphatic heterocycles. The summed E-state index contributed by atoms with van der Waals surface area (Å²) in [6.45, 7) is 1.51. The topological polar surface area (TPSA) is 76.7 Å². The van der Waals surface area contributed by atoms with Crippen molar-refractivity contribution in [3.05, 3.63) is 29.6 Å². The predicted molar refractivity (Wildman–Crippen MR) is 69.0 cm³/mol. The molecule has 2 N–H and O–H groups in total. The first kappa shape index (κ1) is 14.4. The predicted octanol–water partition coefficient (Wildman–Crippen LogP) is 0.539. The average molecular weight is 282 g/mol. The van der Waals surface area contributed by atoms with Crippen molar-refractivity contribution in [2.45, 2.75) is 6.10 Å². The standard InChI is InChI=1S/C13H15FN2O4/c1-19-13(18)9-6-8(14)2-3-10(9)16-12(17)11-7-15-4-5-20-11/h2-3,6,11,15H,4-5,7H2,1H3,(H,16,17). The van der Waals surface area contributed by atoms with Gasteiger partial charge >= 0.3 is 5.97 Å². The third-order valence-corrected chi connectivity index (χ3v) is 2.86. The second-order valence-electron chi connectivity index (χ2n) is 4.23. The van der Waals surface area contributed by atoms with Gasteiger partial charge in [0.05, 0.1) is 25.0 Å². The highest BCUT2D eigenvalue weighted by Gasteiger charge is 2.23. The van der Waals surface area contributed by atoms with Crippen LogP contribution in [0.3, 0.4) is 0 Å². The van der Waals surface area contributed by atoms with Crippen molar-refractivity contribution in [2.75, 3.05) is 32.1 Å². The van der Waals surface area contributed by atoms with Gasteiger partial charge in [0.25, 0.3) is 5.91 Å². The molecule has 6 nitrogen and oxygen atoms in total. The second kappa shape index (κ2) is 6.44. The summed E-state index contributed by atoms with van der Waals surface area (Å²) in [6.07, 6.45) is -0.640. The molecule has 1 aliphatic rings. The molecular formula is C13H15FN2O4. The molecule has 1 saturated heterocycles. The van der Waals surface area contributed by atoms with Crippen molar-refractivity contribution >= 4 is 17.6 Å². The van der Waals surface area contributed by atoms with Crippen LogP contribution in [0, 0.1) is 5.82 Å². The highest BCUT2D eigenvalue weighted by molar-refractivity contribution is 6.02. The van der Waals surface area contributed by atoms with Crippen LogP contribution in [0.5, 0.6) is 0 Å². The number of esters is 1. The Labute approximate surface area is 115 Å². The van der Waals surface area contributed by atoms with Gasteiger partial charge in [-0.15, -0.1) is 0 Å². The van der Waals surface area contributed by atoms with Crippen LogP contribution in [0.4, 0.5) is 10.1 Å². The van der Waals surface area contributed by atoms with Crippen molar-refractivity contribution < 1.29 is 23.5 Å². The number of hydrogen-bond donors (Lipinski definition) is 2. The molecule has 7 heteroatoms. The normalized spacial score (nSPS) is 18.4. The Hall–Kier alpha value is -1.99. The Morgan fingerprint density at radius 3 is 2.95 bits per heavy atom. The molecule has 0 bridgehead atoms. The maximum Gasteiger partial charge on any atom is 0.340 e. The van der Waals surface area contributed by atoms with Crippen molar-refractivity contribution in [3.63, 3.8) is 0 Å². The van der Waals surface area contributed by atoms with E-state index in [9.17, 15) is 14.0 Å². The zero-order valence-electron chi connectivity index (χ0n) is 10.9. The lowest BCUT2D eigenvalue weighted by atomic mass is 10.1. The summed E-state index contributed by atoms with van der Waals surface area (Å²) in [5, 5.41) is 5.57. The number of anilines is 1. The van der Waals surface area contributed by atoms with Gasteiger partial charge < -0.3 is 20.1 Å². The fourth-order valence-electron chi connectivity index (χ4n) is 1.85. The monoisotopic (exact) mass is 282 g/mol. The third-order valence-electron chi connectivity index (χ3n) is 2.86. The molecule has 1 aromatic carbocycles. The lowest BCUT2D eigenvalue weighted by molar-refractivity contribution is -0.128. The summed E-state index contributed by atoms with van der Waals surface area (Å²) in [5.41, 5.74) is 0.155. The van der Waals surface area contributed by atoms with Crippen LogP contribution in [0.1, 0.15) is 10.4 Å². The first-order valence-corrected chi connectivity index (χ1v) is 6.13. The van der Waals surface area contributed by atoms with E-state index in [0.29, 0.717) is 19.7 Å². The Balaban J connectivity index is 2.15. The van der Waals surface area contributed by atoms with Gasteiger partial charge in [-0.3, -0.25) is 4.79 Å². The zero-order chi connectivity index (χ0) is 14.5. The number of amides is 1. The van der Waals surface area contributed by atoms with Crippen LogP contribution in [0.25, 0.3) is 0 Å². The molecule has 1 unspecified atom stereocenters. The fourth-order valence-corrected chi connectivity index (χ4v) is 1.85. The Morgan fingerprint density at radius 2 is 2.30 bits per heavy atom. The molecule has 2 rings (SSSR count). The van der Waals surface area contributed by atoms with E-state index in [0.717, 1.165) is 12.1 Å². The highest BCUT2D eigenvalue weighted by Crippen LogP contribution is 2.18. The summed E-state index contributed by atoms with van der Waals surface area (Å²) in [4.78, 5) is 23.6. The van der Waals surface area contributed by atoms with E-state index < -0.39 is 23.8 Å². The van der Waals surface area contributed by atoms with Crippen molar-refractivity contribution in [3.8, 4) is 0 Å². The lowest BCUT2D eigenvalue weighted by Gasteiger charge is -2.23. The third kappa shape index (κ3) is 3.31. The molecule has 1 atom stereocenters. The number of nitrogens with one attached hydrogen (secondary N) is 2. The van der Waals surface area contributed by atoms with Gasteiger partial charge in [-0.2, -0.15) is 0 Å². The van der Waals surface area contributed by atoms with E-state index in [1.807, 2.05) is 0 Å². The molecule has 0 saturated carbocycles. The SMILES string of the molecule is COC(=O)c1cc(F)ccc1NC(=O)C1CNCCO1. The number of carbonyl (C=O) groups is 2. The highest BCUT2D eigenvalue weighted by atomic mass is 19.1. The van der Waals surface area contributed by atoms with Crippen molar-refractivity contribution in [2.24, 2.45) is 0 Å². The van der Waals surface area contributed by atoms with Gasteiger partial charge in [0, 0.05) is 13.1 Å². The fraction of sp³-hybridized carbons (Fsp3) is 0.385. The molecule has 1 fully saturated rings. The number of methoxy groups -OCH3 is 1. The average Bonchev–Trinajstić information content (AvgIpc) is 2.49. The molecule has 0 spiro atoms. The van der Waals surface area contributed by atoms with Crippen LogP contribution in [-0.2, 0) is 14.3 Å². The number of halogens is 1. The molecule has 0 radical (unpaired) electrons. The molecule has 1 aromatic rings. The van der Waals surface area contributed by atoms with Gasteiger partial charge in [-0.1, -0.05) is 0 Å². The second-order valence-corrected chi connectivity index (χ2v) is 4.23. The van der Waals surface area contributed by atoms with E-state index in [-0.39, 0.29) is 11.3 Å². The van der Waals surface area contributed by atoms with Crippen LogP contribution >= 0.6 is 0 Å². The molecular weight excluding hydrogens is 267 g/mol. The van der Waals surface area contributed by atoms with E-state index >= 15 is 0 Å². The van der Waals surface area contributed by atoms with E-state index in [2.05, 4.69) is 15.4 Å². The molecule has 0 aliphatic carbocycles. The summed E-state index contributed by atoms with van der Waals surface area (Å²) in [5.74, 6) is -1.70. The van der Waals surface area contributed by atoms with Crippen molar-refractivity contribution in [1.29, 1.82) is 0 Å². The van der Waals surface area contributed by atoms with Crippen molar-refractivity contribution in [1.82, 2.24) is 5.32 Å². The van der Waals surface area contributed by atoms with Gasteiger partial charge in [-0.05, 0) is 18.2 Å². The van der Waals surface area contributed by atoms with Gasteiger partial charge in [0.1, 0.15) is 11.9 Å². The van der Waals surface area contributed by atoms with Crippen LogP contribution in [0.15, 0.2) is 18.2 Å². The number of carbonyl (C=O) groups excluding carboxylic acids is 2. The van der Waals surface area contributed by atoms with E-state index in [4.69, 9.17) is 4.74 Å². The first-order valence-electron chi connectivity index (χ1n) is 6.13. The molecule has 20 heavy (non-hydrogen) atoms. The Bertz CT molecular complexity index is 515. The summed E-state index contributed by atoms with van der Waals surface area (Å²) >= 11 is 0. The summed E-state index contributed by atoms with van der Waals surface area (Å²) in [7, 11) is 1.19. The van der Waals surface area contributed by atoms with Crippen LogP contribution < -0.4 is 10.6 Å². The minimum atomic E-state index is -0.720. The first-order chi connectivity index (χ1) is 9.61. The Morgan fingerprint density at radius 1 is 1.50 bits per heavy atom. The molecule has 0 aromatic heterocycles. The van der Waals surface area contributed by atoms with E-state index in [1.54, 1.807) is 0 Å². The largest absolute Gasteiger partial charge is 0.465 e. The van der Waals surface area contributed by atoms with Gasteiger partial charge in [0.15, 0.2) is 0 Å². The quantitative estimate of drug-likeness (QED) is 0.791. The van der Waals surface area contributed by atoms with Crippen LogP contribution in [-0.4, -0.2) is 44.8 Å². The summed E-state index contributed by atoms with van der Waals surface area (Å²) in [6, 6.07) is 3.49. The minimum Gasteiger partial charge on any atom is -0.465 e. The number of hydrogen-bond acceptors (Lipinski definition) is 5. The maximum absolute atomic E-state index is 13.2. The Kier molecular flexibility index (Phi) is 4.65. The lowest BCUT2D eigenvalue weighted by Crippen LogP contribution is -2.45. The smallest absolute Gasteiger partial charge is 0.340 e. The van der Waals surface area contributed by atoms with Crippen LogP contribution in [0.2, 0.25) is 0 Å². The summed E-state index contributed by atoms with van der Waals surface area (Å²) < 4.78 is 23.0. The maximum atomic E-state index is 13.2. The molecule has 108 valence electrons. The molecule has 1 heterocycles. The van der Waals surface area contributed by atoms with Gasteiger partial charge in [-0.25, -0.2) is 9.18 Å². The van der Waals surface area contributed by atoms with E-state index in [1.165, 1.54) is 13.2 Å². The molecule has 1 amide bonds. The minimum absolute atomic E-state index is 0.0374. The number of ether oxygens (including phenoxy) is 2. The number of rotatable bonds is 3.